The third-order valence-corrected chi connectivity index (χ3v) is 9.44. The Morgan fingerprint density at radius 3 is 2.24 bits per heavy atom. The van der Waals surface area contributed by atoms with Gasteiger partial charge >= 0.3 is 12.2 Å². The van der Waals surface area contributed by atoms with Gasteiger partial charge in [0.15, 0.2) is 28.9 Å². The Balaban J connectivity index is 1.25. The summed E-state index contributed by atoms with van der Waals surface area (Å²) in [7, 11) is 1.53. The summed E-state index contributed by atoms with van der Waals surface area (Å²) in [6, 6.07) is 14.2. The Labute approximate surface area is 292 Å². The van der Waals surface area contributed by atoms with Crippen LogP contribution in [-0.2, 0) is 11.2 Å². The number of hydrogen-bond acceptors (Lipinski definition) is 6. The van der Waals surface area contributed by atoms with Crippen LogP contribution in [-0.4, -0.2) is 101 Å². The van der Waals surface area contributed by atoms with Gasteiger partial charge in [-0.2, -0.15) is 4.39 Å². The van der Waals surface area contributed by atoms with E-state index in [1.165, 1.54) is 12.0 Å². The number of benzene rings is 3. The van der Waals surface area contributed by atoms with E-state index in [1.807, 2.05) is 36.4 Å². The van der Waals surface area contributed by atoms with Gasteiger partial charge < -0.3 is 34.2 Å². The van der Waals surface area contributed by atoms with E-state index in [0.717, 1.165) is 29.4 Å². The van der Waals surface area contributed by atoms with Crippen molar-refractivity contribution in [1.29, 1.82) is 0 Å². The van der Waals surface area contributed by atoms with Crippen molar-refractivity contribution in [1.82, 2.24) is 14.7 Å². The quantitative estimate of drug-likeness (QED) is 0.162. The van der Waals surface area contributed by atoms with Gasteiger partial charge in [-0.25, -0.2) is 18.4 Å². The molecule has 3 aromatic carbocycles. The van der Waals surface area contributed by atoms with E-state index in [9.17, 15) is 37.8 Å². The minimum absolute atomic E-state index is 0.0349. The molecule has 3 aliphatic rings. The van der Waals surface area contributed by atoms with Crippen molar-refractivity contribution in [3.8, 4) is 17.2 Å². The molecule has 1 aliphatic carbocycles. The van der Waals surface area contributed by atoms with Crippen molar-refractivity contribution < 1.29 is 52.0 Å². The van der Waals surface area contributed by atoms with Crippen LogP contribution in [0, 0.1) is 17.5 Å². The van der Waals surface area contributed by atoms with Crippen molar-refractivity contribution in [3.05, 3.63) is 94.8 Å². The van der Waals surface area contributed by atoms with Crippen molar-refractivity contribution in [3.63, 3.8) is 0 Å². The van der Waals surface area contributed by atoms with Crippen LogP contribution < -0.4 is 14.2 Å². The predicted molar refractivity (Wildman–Crippen MR) is 178 cm³/mol. The van der Waals surface area contributed by atoms with E-state index >= 15 is 0 Å². The second kappa shape index (κ2) is 15.2. The van der Waals surface area contributed by atoms with E-state index in [0.29, 0.717) is 41.5 Å². The molecule has 3 aromatic rings. The van der Waals surface area contributed by atoms with E-state index in [-0.39, 0.29) is 56.8 Å². The van der Waals surface area contributed by atoms with Crippen molar-refractivity contribution in [2.75, 3.05) is 40.0 Å². The van der Waals surface area contributed by atoms with E-state index < -0.39 is 47.5 Å². The van der Waals surface area contributed by atoms with E-state index in [4.69, 9.17) is 14.2 Å². The number of piperazine rings is 1. The standard InChI is InChI=1S/C37H38F3N3O8/c1-49-30-6-2-3-7-31(30)50-18-16-42(24-12-13-24)35(44)32-26(19-25-20-41(36(45)46)21-29(32)43(25)37(47)48)23-10-8-22(9-11-23)5-4-17-51-34-28(39)15-14-27(38)33(34)40/h2-3,6-11,14-15,24-25,29H,4-5,12-13,16-21H2,1H3,(H,45,46)(H,47,48). The molecule has 2 N–H and O–H groups in total. The molecule has 0 spiro atoms. The van der Waals surface area contributed by atoms with Crippen molar-refractivity contribution >= 4 is 23.7 Å². The van der Waals surface area contributed by atoms with E-state index in [1.54, 1.807) is 17.0 Å². The lowest BCUT2D eigenvalue weighted by molar-refractivity contribution is -0.129. The summed E-state index contributed by atoms with van der Waals surface area (Å²) < 4.78 is 57.9. The summed E-state index contributed by atoms with van der Waals surface area (Å²) in [6.45, 7) is 0.0827. The number of carboxylic acid groups (broad SMARTS) is 2. The second-order valence-electron chi connectivity index (χ2n) is 12.7. The molecule has 2 bridgehead atoms. The molecular weight excluding hydrogens is 671 g/mol. The van der Waals surface area contributed by atoms with Crippen LogP contribution >= 0.6 is 0 Å². The molecule has 11 nitrogen and oxygen atoms in total. The van der Waals surface area contributed by atoms with Gasteiger partial charge in [-0.05, 0) is 73.1 Å². The molecular formula is C37H38F3N3O8. The zero-order valence-corrected chi connectivity index (χ0v) is 27.9. The minimum Gasteiger partial charge on any atom is -0.493 e. The lowest BCUT2D eigenvalue weighted by atomic mass is 9.81. The number of aryl methyl sites for hydroxylation is 1. The highest BCUT2D eigenvalue weighted by Gasteiger charge is 2.49. The Morgan fingerprint density at radius 1 is 0.863 bits per heavy atom. The molecule has 51 heavy (non-hydrogen) atoms. The highest BCUT2D eigenvalue weighted by atomic mass is 19.2. The van der Waals surface area contributed by atoms with Crippen LogP contribution in [0.25, 0.3) is 5.57 Å². The van der Waals surface area contributed by atoms with Crippen LogP contribution in [0.1, 0.15) is 36.8 Å². The first-order chi connectivity index (χ1) is 24.6. The normalized spacial score (nSPS) is 18.4. The van der Waals surface area contributed by atoms with Crippen molar-refractivity contribution in [2.24, 2.45) is 0 Å². The monoisotopic (exact) mass is 709 g/mol. The predicted octanol–water partition coefficient (Wildman–Crippen LogP) is 6.06. The largest absolute Gasteiger partial charge is 0.493 e. The molecule has 14 heteroatoms. The SMILES string of the molecule is COc1ccccc1OCCN(C(=O)C1=C(c2ccc(CCCOc3c(F)ccc(F)c3F)cc2)CC2CN(C(=O)O)CC1N2C(=O)O)C1CC1. The summed E-state index contributed by atoms with van der Waals surface area (Å²) in [6.07, 6.45) is 0.0997. The molecule has 6 rings (SSSR count). The summed E-state index contributed by atoms with van der Waals surface area (Å²) in [5, 5.41) is 20.2. The molecule has 2 fully saturated rings. The topological polar surface area (TPSA) is 129 Å². The molecule has 2 aliphatic heterocycles. The summed E-state index contributed by atoms with van der Waals surface area (Å²) in [5.41, 5.74) is 2.46. The highest BCUT2D eigenvalue weighted by Crippen LogP contribution is 2.41. The molecule has 1 saturated carbocycles. The number of fused-ring (bicyclic) bond motifs is 2. The fraction of sp³-hybridized carbons (Fsp3) is 0.378. The zero-order chi connectivity index (χ0) is 36.2. The van der Waals surface area contributed by atoms with Crippen LogP contribution in [0.4, 0.5) is 22.8 Å². The Hall–Kier alpha value is -5.40. The number of rotatable bonds is 13. The maximum atomic E-state index is 14.6. The smallest absolute Gasteiger partial charge is 0.408 e. The first-order valence-electron chi connectivity index (χ1n) is 16.7. The lowest BCUT2D eigenvalue weighted by Crippen LogP contribution is -2.65. The van der Waals surface area contributed by atoms with Crippen molar-refractivity contribution in [2.45, 2.75) is 50.2 Å². The minimum atomic E-state index is -1.38. The number of halogens is 3. The number of para-hydroxylation sites is 2. The fourth-order valence-corrected chi connectivity index (χ4v) is 6.85. The third kappa shape index (κ3) is 7.69. The fourth-order valence-electron chi connectivity index (χ4n) is 6.85. The van der Waals surface area contributed by atoms with Gasteiger partial charge in [0, 0.05) is 24.7 Å². The maximum Gasteiger partial charge on any atom is 0.408 e. The van der Waals surface area contributed by atoms with E-state index in [2.05, 4.69) is 0 Å². The summed E-state index contributed by atoms with van der Waals surface area (Å²) in [5.74, 6) is -3.64. The highest BCUT2D eigenvalue weighted by molar-refractivity contribution is 6.04. The summed E-state index contributed by atoms with van der Waals surface area (Å²) in [4.78, 5) is 43.4. The number of amides is 3. The molecule has 1 saturated heterocycles. The van der Waals surface area contributed by atoms with Gasteiger partial charge in [-0.3, -0.25) is 9.69 Å². The molecule has 3 amide bonds. The van der Waals surface area contributed by atoms with Gasteiger partial charge in [0.05, 0.1) is 32.3 Å². The molecule has 0 aromatic heterocycles. The third-order valence-electron chi connectivity index (χ3n) is 9.44. The Bertz CT molecular complexity index is 1820. The average Bonchev–Trinajstić information content (AvgIpc) is 3.96. The first-order valence-corrected chi connectivity index (χ1v) is 16.7. The molecule has 2 unspecified atom stereocenters. The number of nitrogens with zero attached hydrogens (tertiary/aromatic N) is 3. The average molecular weight is 710 g/mol. The number of hydrogen-bond donors (Lipinski definition) is 2. The molecule has 0 radical (unpaired) electrons. The summed E-state index contributed by atoms with van der Waals surface area (Å²) >= 11 is 0. The Kier molecular flexibility index (Phi) is 10.6. The van der Waals surface area contributed by atoms with Crippen LogP contribution in [0.5, 0.6) is 17.2 Å². The van der Waals surface area contributed by atoms with Crippen LogP contribution in [0.2, 0.25) is 0 Å². The van der Waals surface area contributed by atoms with Gasteiger partial charge in [0.1, 0.15) is 6.61 Å². The van der Waals surface area contributed by atoms with Crippen LogP contribution in [0.15, 0.2) is 66.2 Å². The van der Waals surface area contributed by atoms with Crippen LogP contribution in [0.3, 0.4) is 0 Å². The number of ether oxygens (including phenoxy) is 3. The van der Waals surface area contributed by atoms with Gasteiger partial charge in [-0.15, -0.1) is 0 Å². The number of carbonyl (C=O) groups excluding carboxylic acids is 1. The Morgan fingerprint density at radius 2 is 1.57 bits per heavy atom. The van der Waals surface area contributed by atoms with Gasteiger partial charge in [-0.1, -0.05) is 36.4 Å². The molecule has 270 valence electrons. The number of carbonyl (C=O) groups is 3. The maximum absolute atomic E-state index is 14.6. The lowest BCUT2D eigenvalue weighted by Gasteiger charge is -2.49. The molecule has 2 atom stereocenters. The van der Waals surface area contributed by atoms with Gasteiger partial charge in [0.25, 0.3) is 5.91 Å². The van der Waals surface area contributed by atoms with Gasteiger partial charge in [0.2, 0.25) is 5.82 Å². The second-order valence-corrected chi connectivity index (χ2v) is 12.7. The molecule has 2 heterocycles. The first kappa shape index (κ1) is 35.4. The number of methoxy groups -OCH3 is 1. The zero-order valence-electron chi connectivity index (χ0n) is 27.9.